The molecule has 3 fully saturated rings. The topological polar surface area (TPSA) is 263 Å². The maximum Gasteiger partial charge on any atom is 0.586 e. The number of benzene rings is 6. The molecule has 20 nitrogen and oxygen atoms in total. The lowest BCUT2D eigenvalue weighted by molar-refractivity contribution is -0.287. The highest BCUT2D eigenvalue weighted by atomic mass is 79.9. The highest BCUT2D eigenvalue weighted by Crippen LogP contribution is 2.56. The van der Waals surface area contributed by atoms with E-state index in [2.05, 4.69) is 64.3 Å². The van der Waals surface area contributed by atoms with Crippen molar-refractivity contribution >= 4 is 78.2 Å². The van der Waals surface area contributed by atoms with Gasteiger partial charge in [0.1, 0.15) is 22.0 Å². The fraction of sp³-hybridized carbons (Fsp3) is 0.222. The zero-order chi connectivity index (χ0) is 75.5. The fourth-order valence-electron chi connectivity index (χ4n) is 13.6. The number of methoxy groups -OCH3 is 2. The molecule has 3 aliphatic heterocycles. The molecule has 0 atom stereocenters. The molecule has 0 saturated heterocycles. The first-order chi connectivity index (χ1) is 51.8. The molecule has 109 heavy (non-hydrogen) atoms. The van der Waals surface area contributed by atoms with Gasteiger partial charge in [0.25, 0.3) is 0 Å². The molecule has 18 rings (SSSR count). The lowest BCUT2D eigenvalue weighted by Gasteiger charge is -2.16. The molecule has 3 N–H and O–H groups in total. The average Bonchev–Trinajstić information content (AvgIpc) is 1.60. The third-order valence-corrected chi connectivity index (χ3v) is 20.2. The quantitative estimate of drug-likeness (QED) is 0.0434. The highest BCUT2D eigenvalue weighted by molar-refractivity contribution is 9.10. The van der Waals surface area contributed by atoms with Crippen LogP contribution in [0.5, 0.6) is 46.3 Å². The second kappa shape index (κ2) is 29.1. The molecule has 12 aromatic rings. The van der Waals surface area contributed by atoms with E-state index < -0.39 is 42.2 Å². The Morgan fingerprint density at radius 3 is 1.19 bits per heavy atom. The smallest absolute Gasteiger partial charge is 0.481 e. The summed E-state index contributed by atoms with van der Waals surface area (Å²) < 4.78 is 118. The Bertz CT molecular complexity index is 5590. The van der Waals surface area contributed by atoms with Gasteiger partial charge in [-0.3, -0.25) is 29.1 Å². The number of fused-ring (bicyclic) bond motifs is 6. The second-order valence-electron chi connectivity index (χ2n) is 26.6. The summed E-state index contributed by atoms with van der Waals surface area (Å²) >= 11 is 3.47. The van der Waals surface area contributed by atoms with Gasteiger partial charge in [-0.05, 0) is 160 Å². The van der Waals surface area contributed by atoms with Crippen LogP contribution in [0.15, 0.2) is 210 Å². The molecule has 9 heterocycles. The van der Waals surface area contributed by atoms with E-state index in [9.17, 15) is 45.5 Å². The van der Waals surface area contributed by atoms with E-state index in [0.29, 0.717) is 99.8 Å². The number of carbonyl (C=O) groups is 3. The van der Waals surface area contributed by atoms with E-state index in [1.54, 1.807) is 55.9 Å². The summed E-state index contributed by atoms with van der Waals surface area (Å²) in [6.07, 6.45) is -2.12. The molecule has 0 amide bonds. The van der Waals surface area contributed by atoms with Crippen molar-refractivity contribution in [1.82, 2.24) is 29.9 Å². The number of ether oxygens (including phenoxy) is 8. The standard InChI is InChI=1S/C27H20F2N2O4.C26H18F2N2O4.C21H14BrF2NO3.C6H8BNO3.CH4/c1-33-24-9-6-17(15-30-24)25-20-5-3-2-4-16(20)12-19(31-25)14-23(32)26(10-11-26)18-7-8-21-22(13-18)35-27(28,29)34-21;27-26(28)33-20-7-6-17(12-21(20)34-26)25(9-10-25)22(31)13-18-11-15-3-1-2-4-19(15)24(30-18)16-5-8-23(32)29-14-16;22-19-15-4-2-1-3-12(15)9-14(25-19)11-18(26)20(7-8-20)13-5-6-16-17(10-13)28-21(23,24)27-16;1-11-6-3-2-5(4-8-6)7(9)10;/h2-9,12-13,15H,10-11,14H2,1H3;1-8,11-12,14H,9-10,13H2,(H,29,32);1-6,9-10H,7-8,11H2;2-4,9-10H,1H3;1H4. The minimum absolute atomic E-state index is 0. The van der Waals surface area contributed by atoms with Crippen molar-refractivity contribution in [3.05, 3.63) is 249 Å². The Morgan fingerprint density at radius 2 is 0.826 bits per heavy atom. The lowest BCUT2D eigenvalue weighted by Crippen LogP contribution is -2.29. The SMILES string of the molecule is C.COc1ccc(-c2nc(CC(=O)C3(c4ccc5c(c4)OC(F)(F)O5)CC3)cc3ccccc23)cn1.COc1ccc(B(O)O)cn1.O=C(Cc1cc2ccccc2c(-c2ccc(=O)[nH]c2)n1)C1(c2ccc3c(c2)OC(F)(F)O3)CC1.O=C(Cc1cc2ccccc2c(Br)n1)C1(c2ccc3c(c2)OC(F)(F)O3)CC1. The van der Waals surface area contributed by atoms with E-state index >= 15 is 0 Å². The van der Waals surface area contributed by atoms with E-state index in [1.165, 1.54) is 61.8 Å². The number of hydrogen-bond donors (Lipinski definition) is 3. The molecule has 0 bridgehead atoms. The van der Waals surface area contributed by atoms with Gasteiger partial charge in [0.15, 0.2) is 34.5 Å². The molecule has 554 valence electrons. The van der Waals surface area contributed by atoms with Crippen molar-refractivity contribution in [2.45, 2.75) is 100 Å². The van der Waals surface area contributed by atoms with Gasteiger partial charge in [-0.15, -0.1) is 26.3 Å². The van der Waals surface area contributed by atoms with Gasteiger partial charge in [-0.25, -0.2) is 15.0 Å². The van der Waals surface area contributed by atoms with Gasteiger partial charge in [-0.1, -0.05) is 104 Å². The fourth-order valence-corrected chi connectivity index (χ4v) is 14.2. The Morgan fingerprint density at radius 1 is 0.459 bits per heavy atom. The molecule has 6 aromatic heterocycles. The number of H-pyrrole nitrogens is 1. The van der Waals surface area contributed by atoms with Gasteiger partial charge in [0, 0.05) is 99.8 Å². The van der Waals surface area contributed by atoms with Crippen LogP contribution in [0, 0.1) is 0 Å². The van der Waals surface area contributed by atoms with Crippen molar-refractivity contribution in [3.8, 4) is 68.8 Å². The van der Waals surface area contributed by atoms with Crippen molar-refractivity contribution in [3.63, 3.8) is 0 Å². The van der Waals surface area contributed by atoms with Crippen LogP contribution in [-0.2, 0) is 49.9 Å². The Hall–Kier alpha value is -11.7. The summed E-state index contributed by atoms with van der Waals surface area (Å²) in [5.41, 5.74) is 4.83. The number of carbonyl (C=O) groups excluding carboxylic acids is 3. The normalized spacial score (nSPS) is 16.3. The van der Waals surface area contributed by atoms with Gasteiger partial charge < -0.3 is 52.9 Å². The van der Waals surface area contributed by atoms with Crippen molar-refractivity contribution < 1.29 is 88.7 Å². The minimum atomic E-state index is -3.70. The van der Waals surface area contributed by atoms with Crippen LogP contribution in [-0.4, -0.2) is 97.5 Å². The molecular weight excluding hydrogens is 1490 g/mol. The summed E-state index contributed by atoms with van der Waals surface area (Å²) in [5, 5.41) is 23.1. The van der Waals surface area contributed by atoms with Crippen molar-refractivity contribution in [2.75, 3.05) is 14.2 Å². The molecule has 28 heteroatoms. The number of alkyl halides is 6. The van der Waals surface area contributed by atoms with Gasteiger partial charge in [0.05, 0.1) is 41.9 Å². The van der Waals surface area contributed by atoms with Gasteiger partial charge >= 0.3 is 26.0 Å². The van der Waals surface area contributed by atoms with E-state index in [1.807, 2.05) is 97.1 Å². The summed E-state index contributed by atoms with van der Waals surface area (Å²) in [6.45, 7) is 0. The average molecular weight is 1550 g/mol. The summed E-state index contributed by atoms with van der Waals surface area (Å²) in [4.78, 5) is 76.4. The van der Waals surface area contributed by atoms with Gasteiger partial charge in [0.2, 0.25) is 17.3 Å². The Kier molecular flexibility index (Phi) is 19.8. The van der Waals surface area contributed by atoms with Crippen LogP contribution < -0.4 is 48.9 Å². The number of ketones is 3. The van der Waals surface area contributed by atoms with Gasteiger partial charge in [-0.2, -0.15) is 0 Å². The maximum atomic E-state index is 13.5. The summed E-state index contributed by atoms with van der Waals surface area (Å²) in [7, 11) is 1.59. The predicted octanol–water partition coefficient (Wildman–Crippen LogP) is 14.8. The maximum absolute atomic E-state index is 13.5. The molecule has 3 aliphatic carbocycles. The number of aromatic nitrogens is 6. The number of halogens is 7. The molecule has 6 aromatic carbocycles. The molecule has 6 aliphatic rings. The largest absolute Gasteiger partial charge is 0.586 e. The zero-order valence-corrected chi connectivity index (χ0v) is 58.8. The van der Waals surface area contributed by atoms with Crippen LogP contribution in [0.4, 0.5) is 26.3 Å². The highest BCUT2D eigenvalue weighted by Gasteiger charge is 2.55. The predicted molar refractivity (Wildman–Crippen MR) is 393 cm³/mol. The van der Waals surface area contributed by atoms with Crippen LogP contribution in [0.3, 0.4) is 0 Å². The number of pyridine rings is 6. The van der Waals surface area contributed by atoms with Crippen molar-refractivity contribution in [1.29, 1.82) is 0 Å². The number of Topliss-reactive ketones (excluding diaryl/α,β-unsaturated/α-hetero) is 3. The molecular formula is C81H64BBrF6N6O14. The number of rotatable bonds is 17. The van der Waals surface area contributed by atoms with Crippen LogP contribution >= 0.6 is 15.9 Å². The molecule has 0 spiro atoms. The van der Waals surface area contributed by atoms with E-state index in [4.69, 9.17) is 29.5 Å². The van der Waals surface area contributed by atoms with Crippen LogP contribution in [0.25, 0.3) is 54.8 Å². The van der Waals surface area contributed by atoms with Crippen LogP contribution in [0.1, 0.15) is 79.7 Å². The van der Waals surface area contributed by atoms with Crippen LogP contribution in [0.2, 0.25) is 0 Å². The second-order valence-corrected chi connectivity index (χ2v) is 27.3. The lowest BCUT2D eigenvalue weighted by atomic mass is 9.82. The zero-order valence-electron chi connectivity index (χ0n) is 57.2. The third-order valence-electron chi connectivity index (χ3n) is 19.6. The number of hydrogen-bond acceptors (Lipinski definition) is 19. The van der Waals surface area contributed by atoms with E-state index in [-0.39, 0.29) is 84.1 Å². The molecule has 0 unspecified atom stereocenters. The van der Waals surface area contributed by atoms with Crippen molar-refractivity contribution in [2.24, 2.45) is 0 Å². The monoisotopic (exact) mass is 1550 g/mol. The summed E-state index contributed by atoms with van der Waals surface area (Å²) in [5.74, 6) is 0.692. The number of nitrogens with zero attached hydrogens (tertiary/aromatic N) is 5. The Balaban J connectivity index is 0.000000128. The first kappa shape index (κ1) is 74.1. The minimum Gasteiger partial charge on any atom is -0.481 e. The first-order valence-electron chi connectivity index (χ1n) is 34.0. The summed E-state index contributed by atoms with van der Waals surface area (Å²) in [6, 6.07) is 52.7. The van der Waals surface area contributed by atoms with E-state index in [0.717, 1.165) is 49.1 Å². The number of aromatic amines is 1. The number of nitrogens with one attached hydrogen (secondary N) is 1. The third kappa shape index (κ3) is 15.5. The Labute approximate surface area is 626 Å². The first-order valence-corrected chi connectivity index (χ1v) is 34.8. The molecule has 3 saturated carbocycles. The molecule has 0 radical (unpaired) electrons.